The van der Waals surface area contributed by atoms with Crippen molar-refractivity contribution in [2.75, 3.05) is 45.9 Å². The molecule has 0 aliphatic carbocycles. The second-order valence-electron chi connectivity index (χ2n) is 13.2. The van der Waals surface area contributed by atoms with Crippen LogP contribution < -0.4 is 10.6 Å². The van der Waals surface area contributed by atoms with Crippen molar-refractivity contribution in [3.05, 3.63) is 89.9 Å². The first-order chi connectivity index (χ1) is 25.1. The van der Waals surface area contributed by atoms with Crippen LogP contribution >= 0.6 is 0 Å². The van der Waals surface area contributed by atoms with Crippen molar-refractivity contribution in [1.29, 1.82) is 0 Å². The molecule has 13 nitrogen and oxygen atoms in total. The van der Waals surface area contributed by atoms with Crippen molar-refractivity contribution in [2.24, 2.45) is 11.8 Å². The Labute approximate surface area is 299 Å². The monoisotopic (exact) mass is 720 g/mol. The van der Waals surface area contributed by atoms with Gasteiger partial charge in [0.25, 0.3) is 17.7 Å². The topological polar surface area (TPSA) is 155 Å². The van der Waals surface area contributed by atoms with E-state index in [0.717, 1.165) is 40.8 Å². The average Bonchev–Trinajstić information content (AvgIpc) is 3.84. The summed E-state index contributed by atoms with van der Waals surface area (Å²) in [5.41, 5.74) is 1.08. The van der Waals surface area contributed by atoms with Gasteiger partial charge in [-0.25, -0.2) is 18.6 Å². The van der Waals surface area contributed by atoms with Crippen LogP contribution in [0.5, 0.6) is 0 Å². The highest BCUT2D eigenvalue weighted by atomic mass is 19.1. The fraction of sp³-hybridized carbons (Fsp3) is 0.432. The second kappa shape index (κ2) is 16.6. The predicted molar refractivity (Wildman–Crippen MR) is 183 cm³/mol. The lowest BCUT2D eigenvalue weighted by molar-refractivity contribution is -0.146. The summed E-state index contributed by atoms with van der Waals surface area (Å²) in [6.45, 7) is 3.30. The second-order valence-corrected chi connectivity index (χ2v) is 13.2. The number of nitrogens with zero attached hydrogens (tertiary/aromatic N) is 4. The van der Waals surface area contributed by atoms with E-state index in [4.69, 9.17) is 14.5 Å². The number of benzene rings is 2. The third-order valence-corrected chi connectivity index (χ3v) is 9.63. The molecule has 2 saturated heterocycles. The largest absolute Gasteiger partial charge is 0.444 e. The molecule has 4 atom stereocenters. The van der Waals surface area contributed by atoms with Gasteiger partial charge in [0.2, 0.25) is 0 Å². The summed E-state index contributed by atoms with van der Waals surface area (Å²) in [5.74, 6) is -2.90. The molecule has 15 heteroatoms. The number of hydrogen-bond acceptors (Lipinski definition) is 9. The van der Waals surface area contributed by atoms with Crippen LogP contribution in [-0.4, -0.2) is 106 Å². The van der Waals surface area contributed by atoms with Gasteiger partial charge in [0.05, 0.1) is 11.7 Å². The molecule has 3 aliphatic rings. The van der Waals surface area contributed by atoms with Gasteiger partial charge in [0.15, 0.2) is 0 Å². The maximum Gasteiger partial charge on any atom is 0.407 e. The van der Waals surface area contributed by atoms with Crippen molar-refractivity contribution < 1.29 is 42.5 Å². The lowest BCUT2D eigenvalue weighted by Gasteiger charge is -2.40. The van der Waals surface area contributed by atoms with Gasteiger partial charge in [-0.3, -0.25) is 19.3 Å². The molecule has 0 saturated carbocycles. The molecule has 4 heterocycles. The zero-order valence-electron chi connectivity index (χ0n) is 28.8. The number of aliphatic hydroxyl groups excluding tert-OH is 1. The lowest BCUT2D eigenvalue weighted by Crippen LogP contribution is -2.49. The molecular weight excluding hydrogens is 678 g/mol. The first kappa shape index (κ1) is 36.8. The predicted octanol–water partition coefficient (Wildman–Crippen LogP) is 2.79. The number of carbonyl (C=O) groups is 4. The van der Waals surface area contributed by atoms with Crippen LogP contribution in [0.25, 0.3) is 11.3 Å². The summed E-state index contributed by atoms with van der Waals surface area (Å²) in [6.07, 6.45) is 2.32. The molecule has 3 aliphatic heterocycles. The molecule has 0 spiro atoms. The minimum Gasteiger partial charge on any atom is -0.444 e. The third-order valence-electron chi connectivity index (χ3n) is 9.63. The average molecular weight is 721 g/mol. The summed E-state index contributed by atoms with van der Waals surface area (Å²) in [5, 5.41) is 16.6. The van der Waals surface area contributed by atoms with Crippen LogP contribution in [0, 0.1) is 23.5 Å². The number of aromatic nitrogens is 2. The summed E-state index contributed by atoms with van der Waals surface area (Å²) < 4.78 is 42.9. The van der Waals surface area contributed by atoms with Gasteiger partial charge in [-0.2, -0.15) is 0 Å². The highest BCUT2D eigenvalue weighted by Crippen LogP contribution is 2.38. The van der Waals surface area contributed by atoms with Gasteiger partial charge >= 0.3 is 6.09 Å². The number of amides is 4. The number of carbonyl (C=O) groups excluding carboxylic acids is 4. The van der Waals surface area contributed by atoms with Crippen LogP contribution in [-0.2, 0) is 30.4 Å². The number of imide groups is 1. The molecule has 2 fully saturated rings. The minimum atomic E-state index is -1.39. The van der Waals surface area contributed by atoms with Gasteiger partial charge < -0.3 is 34.7 Å². The molecule has 0 bridgehead atoms. The van der Waals surface area contributed by atoms with Crippen molar-refractivity contribution >= 4 is 23.8 Å². The number of alkyl carbamates (subject to hydrolysis) is 1. The highest BCUT2D eigenvalue weighted by Gasteiger charge is 2.42. The Morgan fingerprint density at radius 3 is 2.54 bits per heavy atom. The van der Waals surface area contributed by atoms with Gasteiger partial charge in [0, 0.05) is 82.3 Å². The maximum atomic E-state index is 15.2. The molecule has 4 amide bonds. The molecule has 2 aromatic carbocycles. The standard InChI is InChI=1S/C37H42F2N6O7/c1-23(46)36(49)45(21-26-18-40-19-31(26)52-37(50)41-13-14-44-32(47)9-10-33(44)48)34(25-11-15-51-16-12-25)35-42-30(28-17-27(38)7-8-29(28)39)22-43(35)20-24-5-3-2-4-6-24/h2-10,17,22-23,25-26,31,34,40,46H,11-16,18-21H2,1H3,(H,41,50)/t23-,26-,31+,34+/m0/s1. The number of halogens is 2. The van der Waals surface area contributed by atoms with Crippen LogP contribution in [0.4, 0.5) is 13.6 Å². The van der Waals surface area contributed by atoms with Gasteiger partial charge in [-0.05, 0) is 49.4 Å². The summed E-state index contributed by atoms with van der Waals surface area (Å²) in [4.78, 5) is 58.1. The molecule has 0 unspecified atom stereocenters. The van der Waals surface area contributed by atoms with Crippen molar-refractivity contribution in [2.45, 2.75) is 44.6 Å². The molecule has 1 aromatic heterocycles. The summed E-state index contributed by atoms with van der Waals surface area (Å²) in [7, 11) is 0. The van der Waals surface area contributed by atoms with E-state index in [2.05, 4.69) is 10.6 Å². The van der Waals surface area contributed by atoms with E-state index in [0.29, 0.717) is 51.5 Å². The molecule has 3 N–H and O–H groups in total. The van der Waals surface area contributed by atoms with Crippen molar-refractivity contribution in [3.63, 3.8) is 0 Å². The fourth-order valence-electron chi connectivity index (χ4n) is 7.00. The SMILES string of the molecule is C[C@H](O)C(=O)N(C[C@@H]1CNC[C@H]1OC(=O)NCCN1C(=O)C=CC1=O)[C@@H](c1nc(-c2cc(F)ccc2F)cn1Cc1ccccc1)C1CCOCC1. The molecular formula is C37H42F2N6O7. The lowest BCUT2D eigenvalue weighted by atomic mass is 9.88. The summed E-state index contributed by atoms with van der Waals surface area (Å²) in [6, 6.07) is 12.0. The Morgan fingerprint density at radius 2 is 1.83 bits per heavy atom. The van der Waals surface area contributed by atoms with E-state index < -0.39 is 59.6 Å². The molecule has 0 radical (unpaired) electrons. The molecule has 52 heavy (non-hydrogen) atoms. The van der Waals surface area contributed by atoms with E-state index in [1.807, 2.05) is 34.9 Å². The Bertz CT molecular complexity index is 1780. The van der Waals surface area contributed by atoms with Crippen molar-refractivity contribution in [1.82, 2.24) is 30.0 Å². The van der Waals surface area contributed by atoms with Crippen LogP contribution in [0.2, 0.25) is 0 Å². The molecule has 3 aromatic rings. The zero-order chi connectivity index (χ0) is 36.8. The van der Waals surface area contributed by atoms with Gasteiger partial charge in [-0.15, -0.1) is 0 Å². The first-order valence-corrected chi connectivity index (χ1v) is 17.4. The molecule has 6 rings (SSSR count). The third kappa shape index (κ3) is 8.54. The number of aliphatic hydroxyl groups is 1. The van der Waals surface area contributed by atoms with E-state index in [1.54, 1.807) is 11.1 Å². The van der Waals surface area contributed by atoms with Gasteiger partial charge in [-0.1, -0.05) is 30.3 Å². The number of imidazole rings is 1. The van der Waals surface area contributed by atoms with Gasteiger partial charge in [0.1, 0.15) is 29.7 Å². The number of nitrogens with one attached hydrogen (secondary N) is 2. The van der Waals surface area contributed by atoms with E-state index in [1.165, 1.54) is 6.92 Å². The van der Waals surface area contributed by atoms with Crippen molar-refractivity contribution in [3.8, 4) is 11.3 Å². The summed E-state index contributed by atoms with van der Waals surface area (Å²) >= 11 is 0. The van der Waals surface area contributed by atoms with Crippen LogP contribution in [0.15, 0.2) is 66.9 Å². The molecule has 276 valence electrons. The maximum absolute atomic E-state index is 15.2. The fourth-order valence-corrected chi connectivity index (χ4v) is 7.00. The quantitative estimate of drug-likeness (QED) is 0.226. The van der Waals surface area contributed by atoms with E-state index in [9.17, 15) is 28.7 Å². The Morgan fingerprint density at radius 1 is 1.10 bits per heavy atom. The minimum absolute atomic E-state index is 0.0143. The smallest absolute Gasteiger partial charge is 0.407 e. The first-order valence-electron chi connectivity index (χ1n) is 17.4. The highest BCUT2D eigenvalue weighted by molar-refractivity contribution is 6.12. The Balaban J connectivity index is 1.31. The van der Waals surface area contributed by atoms with Crippen LogP contribution in [0.1, 0.15) is 37.2 Å². The zero-order valence-corrected chi connectivity index (χ0v) is 28.8. The number of hydrogen-bond donors (Lipinski definition) is 3. The normalized spacial score (nSPS) is 20.3. The Hall–Kier alpha value is -4.99. The number of rotatable bonds is 13. The van der Waals surface area contributed by atoms with E-state index >= 15 is 4.39 Å². The van der Waals surface area contributed by atoms with Crippen LogP contribution in [0.3, 0.4) is 0 Å². The van der Waals surface area contributed by atoms with E-state index in [-0.39, 0.29) is 36.8 Å². The number of ether oxygens (including phenoxy) is 2. The Kier molecular flexibility index (Phi) is 11.7.